The number of alkyl halides is 3. The van der Waals surface area contributed by atoms with Crippen molar-refractivity contribution in [2.24, 2.45) is 0 Å². The third-order valence-corrected chi connectivity index (χ3v) is 4.77. The zero-order valence-corrected chi connectivity index (χ0v) is 18.9. The molecule has 0 atom stereocenters. The molecule has 190 valence electrons. The summed E-state index contributed by atoms with van der Waals surface area (Å²) in [4.78, 5) is 36.0. The molecule has 1 aromatic carbocycles. The molecule has 0 saturated carbocycles. The Bertz CT molecular complexity index is 1250. The number of halogens is 5. The number of nitrogens with zero attached hydrogens (tertiary/aromatic N) is 3. The van der Waals surface area contributed by atoms with Gasteiger partial charge < -0.3 is 16.0 Å². The van der Waals surface area contributed by atoms with Crippen LogP contribution in [-0.2, 0) is 17.5 Å². The van der Waals surface area contributed by atoms with Crippen LogP contribution in [0.3, 0.4) is 0 Å². The van der Waals surface area contributed by atoms with Crippen molar-refractivity contribution in [3.8, 4) is 11.4 Å². The highest BCUT2D eigenvalue weighted by Crippen LogP contribution is 2.31. The number of carbonyl (C=O) groups is 2. The first-order chi connectivity index (χ1) is 17.1. The van der Waals surface area contributed by atoms with E-state index in [1.807, 2.05) is 0 Å². The lowest BCUT2D eigenvalue weighted by Gasteiger charge is -2.12. The van der Waals surface area contributed by atoms with Gasteiger partial charge in [-0.15, -0.1) is 0 Å². The first-order valence-electron chi connectivity index (χ1n) is 10.7. The van der Waals surface area contributed by atoms with Crippen molar-refractivity contribution in [2.75, 3.05) is 18.4 Å². The Labute approximate surface area is 202 Å². The van der Waals surface area contributed by atoms with Gasteiger partial charge in [0.15, 0.2) is 5.82 Å². The molecule has 0 aliphatic rings. The average molecular weight is 508 g/mol. The van der Waals surface area contributed by atoms with E-state index in [1.165, 1.54) is 12.1 Å². The molecule has 3 N–H and O–H groups in total. The fourth-order valence-corrected chi connectivity index (χ4v) is 3.02. The Morgan fingerprint density at radius 3 is 2.47 bits per heavy atom. The molecule has 2 amide bonds. The van der Waals surface area contributed by atoms with Gasteiger partial charge in [0.05, 0.1) is 5.56 Å². The minimum absolute atomic E-state index is 0.00399. The summed E-state index contributed by atoms with van der Waals surface area (Å²) >= 11 is 0. The smallest absolute Gasteiger partial charge is 0.366 e. The van der Waals surface area contributed by atoms with E-state index in [0.717, 1.165) is 18.3 Å². The van der Waals surface area contributed by atoms with Gasteiger partial charge in [0.1, 0.15) is 23.1 Å². The van der Waals surface area contributed by atoms with E-state index in [2.05, 4.69) is 30.9 Å². The molecule has 3 aromatic rings. The van der Waals surface area contributed by atoms with E-state index >= 15 is 0 Å². The van der Waals surface area contributed by atoms with Crippen LogP contribution in [0.1, 0.15) is 35.0 Å². The second-order valence-corrected chi connectivity index (χ2v) is 7.47. The lowest BCUT2D eigenvalue weighted by atomic mass is 10.2. The van der Waals surface area contributed by atoms with Crippen LogP contribution in [0.25, 0.3) is 11.4 Å². The molecule has 0 aliphatic carbocycles. The first kappa shape index (κ1) is 26.4. The van der Waals surface area contributed by atoms with Crippen molar-refractivity contribution in [3.05, 3.63) is 71.2 Å². The molecule has 0 saturated heterocycles. The van der Waals surface area contributed by atoms with Crippen molar-refractivity contribution < 1.29 is 31.5 Å². The zero-order chi connectivity index (χ0) is 26.3. The molecule has 2 heterocycles. The third kappa shape index (κ3) is 7.17. The standard InChI is InChI=1S/C23H21F5N6O2/c1-2-30-20(35)5-6-31-22(36)18-9-19(32-11-13-3-4-16(24)8-17(13)25)34-21(33-18)14-7-15(12-29-10-14)23(26,27)28/h3-4,7-10,12H,2,5-6,11H2,1H3,(H,30,35)(H,31,36)(H,32,33,34). The number of hydrogen-bond donors (Lipinski definition) is 3. The van der Waals surface area contributed by atoms with E-state index in [0.29, 0.717) is 18.8 Å². The van der Waals surface area contributed by atoms with Crippen LogP contribution in [0.15, 0.2) is 42.7 Å². The second-order valence-electron chi connectivity index (χ2n) is 7.47. The van der Waals surface area contributed by atoms with Crippen molar-refractivity contribution in [2.45, 2.75) is 26.1 Å². The molecule has 0 spiro atoms. The molecule has 3 rings (SSSR count). The summed E-state index contributed by atoms with van der Waals surface area (Å²) in [6.45, 7) is 1.99. The highest BCUT2D eigenvalue weighted by Gasteiger charge is 2.31. The summed E-state index contributed by atoms with van der Waals surface area (Å²) in [5.41, 5.74) is -1.28. The maximum absolute atomic E-state index is 14.0. The van der Waals surface area contributed by atoms with Crippen molar-refractivity contribution in [1.29, 1.82) is 0 Å². The predicted octanol–water partition coefficient (Wildman–Crippen LogP) is 3.70. The quantitative estimate of drug-likeness (QED) is 0.381. The minimum atomic E-state index is -4.67. The van der Waals surface area contributed by atoms with Crippen LogP contribution in [-0.4, -0.2) is 39.9 Å². The Morgan fingerprint density at radius 1 is 1.00 bits per heavy atom. The average Bonchev–Trinajstić information content (AvgIpc) is 2.83. The highest BCUT2D eigenvalue weighted by molar-refractivity contribution is 5.93. The van der Waals surface area contributed by atoms with Gasteiger partial charge in [-0.05, 0) is 19.1 Å². The minimum Gasteiger partial charge on any atom is -0.366 e. The first-order valence-corrected chi connectivity index (χ1v) is 10.7. The molecule has 0 aliphatic heterocycles. The molecule has 36 heavy (non-hydrogen) atoms. The summed E-state index contributed by atoms with van der Waals surface area (Å²) in [5.74, 6) is -2.81. The number of anilines is 1. The van der Waals surface area contributed by atoms with Crippen LogP contribution < -0.4 is 16.0 Å². The number of pyridine rings is 1. The zero-order valence-electron chi connectivity index (χ0n) is 18.9. The van der Waals surface area contributed by atoms with Crippen molar-refractivity contribution in [3.63, 3.8) is 0 Å². The Kier molecular flexibility index (Phi) is 8.46. The van der Waals surface area contributed by atoms with Crippen molar-refractivity contribution >= 4 is 17.6 Å². The van der Waals surface area contributed by atoms with E-state index in [1.54, 1.807) is 6.92 Å². The number of hydrogen-bond acceptors (Lipinski definition) is 6. The van der Waals surface area contributed by atoms with Gasteiger partial charge in [-0.2, -0.15) is 13.2 Å². The molecule has 0 bridgehead atoms. The number of amides is 2. The van der Waals surface area contributed by atoms with Crippen LogP contribution in [0.2, 0.25) is 0 Å². The van der Waals surface area contributed by atoms with Gasteiger partial charge in [-0.25, -0.2) is 18.7 Å². The summed E-state index contributed by atoms with van der Waals surface area (Å²) < 4.78 is 66.6. The largest absolute Gasteiger partial charge is 0.417 e. The second kappa shape index (κ2) is 11.5. The highest BCUT2D eigenvalue weighted by atomic mass is 19.4. The summed E-state index contributed by atoms with van der Waals surface area (Å²) in [6.07, 6.45) is -2.93. The summed E-state index contributed by atoms with van der Waals surface area (Å²) in [7, 11) is 0. The molecular formula is C23H21F5N6O2. The fraction of sp³-hybridized carbons (Fsp3) is 0.261. The predicted molar refractivity (Wildman–Crippen MR) is 120 cm³/mol. The van der Waals surface area contributed by atoms with E-state index in [9.17, 15) is 31.5 Å². The SMILES string of the molecule is CCNC(=O)CCNC(=O)c1cc(NCc2ccc(F)cc2F)nc(-c2cncc(C(F)(F)F)c2)n1. The third-order valence-electron chi connectivity index (χ3n) is 4.77. The molecule has 0 radical (unpaired) electrons. The Balaban J connectivity index is 1.89. The molecule has 8 nitrogen and oxygen atoms in total. The number of aromatic nitrogens is 3. The Morgan fingerprint density at radius 2 is 1.78 bits per heavy atom. The van der Waals surface area contributed by atoms with E-state index in [4.69, 9.17) is 0 Å². The van der Waals surface area contributed by atoms with E-state index < -0.39 is 29.3 Å². The van der Waals surface area contributed by atoms with Gasteiger partial charge >= 0.3 is 6.18 Å². The van der Waals surface area contributed by atoms with Gasteiger partial charge in [0, 0.05) is 61.7 Å². The van der Waals surface area contributed by atoms with Gasteiger partial charge in [0.2, 0.25) is 5.91 Å². The molecular weight excluding hydrogens is 487 g/mol. The lowest BCUT2D eigenvalue weighted by Crippen LogP contribution is -2.31. The molecule has 0 fully saturated rings. The van der Waals surface area contributed by atoms with Crippen LogP contribution in [0.5, 0.6) is 0 Å². The maximum Gasteiger partial charge on any atom is 0.417 e. The van der Waals surface area contributed by atoms with Gasteiger partial charge in [-0.3, -0.25) is 14.6 Å². The van der Waals surface area contributed by atoms with Crippen molar-refractivity contribution in [1.82, 2.24) is 25.6 Å². The molecule has 2 aromatic heterocycles. The molecule has 13 heteroatoms. The fourth-order valence-electron chi connectivity index (χ4n) is 3.02. The molecule has 0 unspecified atom stereocenters. The number of nitrogens with one attached hydrogen (secondary N) is 3. The number of rotatable bonds is 9. The number of carbonyl (C=O) groups excluding carboxylic acids is 2. The van der Waals surface area contributed by atoms with E-state index in [-0.39, 0.29) is 53.9 Å². The van der Waals surface area contributed by atoms with Crippen LogP contribution in [0, 0.1) is 11.6 Å². The monoisotopic (exact) mass is 508 g/mol. The van der Waals surface area contributed by atoms with Gasteiger partial charge in [0.25, 0.3) is 5.91 Å². The number of benzene rings is 1. The normalized spacial score (nSPS) is 11.2. The van der Waals surface area contributed by atoms with Crippen LogP contribution >= 0.6 is 0 Å². The lowest BCUT2D eigenvalue weighted by molar-refractivity contribution is -0.137. The summed E-state index contributed by atoms with van der Waals surface area (Å²) in [5, 5.41) is 7.84. The summed E-state index contributed by atoms with van der Waals surface area (Å²) in [6, 6.07) is 4.97. The Hall–Kier alpha value is -4.16. The maximum atomic E-state index is 14.0. The van der Waals surface area contributed by atoms with Gasteiger partial charge in [-0.1, -0.05) is 6.07 Å². The van der Waals surface area contributed by atoms with Crippen LogP contribution in [0.4, 0.5) is 27.8 Å². The topological polar surface area (TPSA) is 109 Å².